The number of aromatic nitrogens is 4. The molecule has 0 spiro atoms. The van der Waals surface area contributed by atoms with E-state index in [1.807, 2.05) is 24.6 Å². The maximum absolute atomic E-state index is 6.32. The summed E-state index contributed by atoms with van der Waals surface area (Å²) in [5, 5.41) is 3.37. The van der Waals surface area contributed by atoms with Gasteiger partial charge in [-0.25, -0.2) is 15.0 Å². The van der Waals surface area contributed by atoms with E-state index < -0.39 is 0 Å². The summed E-state index contributed by atoms with van der Waals surface area (Å²) in [6, 6.07) is 1.90. The van der Waals surface area contributed by atoms with Gasteiger partial charge in [-0.15, -0.1) is 22.9 Å². The Kier molecular flexibility index (Phi) is 4.15. The third-order valence-corrected chi connectivity index (χ3v) is 4.59. The second-order valence-electron chi connectivity index (χ2n) is 4.75. The molecule has 0 saturated carbocycles. The lowest BCUT2D eigenvalue weighted by Gasteiger charge is -2.18. The van der Waals surface area contributed by atoms with Crippen LogP contribution in [0.4, 0.5) is 0 Å². The summed E-state index contributed by atoms with van der Waals surface area (Å²) >= 11 is 14.0. The highest BCUT2D eigenvalue weighted by molar-refractivity contribution is 7.09. The zero-order valence-corrected chi connectivity index (χ0v) is 14.0. The van der Waals surface area contributed by atoms with Gasteiger partial charge >= 0.3 is 0 Å². The fraction of sp³-hybridized carbons (Fsp3) is 0.357. The Bertz CT molecular complexity index is 752. The zero-order valence-electron chi connectivity index (χ0n) is 11.6. The summed E-state index contributed by atoms with van der Waals surface area (Å²) < 4.78 is 2.09. The van der Waals surface area contributed by atoms with Crippen LogP contribution in [-0.2, 0) is 0 Å². The summed E-state index contributed by atoms with van der Waals surface area (Å²) in [4.78, 5) is 13.5. The maximum Gasteiger partial charge on any atom is 0.160 e. The molecule has 3 heterocycles. The molecule has 3 aromatic heterocycles. The van der Waals surface area contributed by atoms with Crippen molar-refractivity contribution in [1.82, 2.24) is 19.5 Å². The van der Waals surface area contributed by atoms with E-state index in [1.165, 1.54) is 0 Å². The first kappa shape index (κ1) is 14.8. The summed E-state index contributed by atoms with van der Waals surface area (Å²) in [5.74, 6) is 0.795. The molecule has 0 saturated heterocycles. The molecule has 3 aromatic rings. The van der Waals surface area contributed by atoms with Crippen molar-refractivity contribution in [3.8, 4) is 0 Å². The molecule has 0 aliphatic heterocycles. The number of pyridine rings is 1. The predicted octanol–water partition coefficient (Wildman–Crippen LogP) is 4.84. The smallest absolute Gasteiger partial charge is 0.160 e. The molecule has 0 aliphatic carbocycles. The maximum atomic E-state index is 6.32. The summed E-state index contributed by atoms with van der Waals surface area (Å²) in [6.45, 7) is 4.03. The number of hydrogen-bond acceptors (Lipinski definition) is 4. The Morgan fingerprint density at radius 2 is 2.19 bits per heavy atom. The number of halogens is 2. The highest BCUT2D eigenvalue weighted by atomic mass is 35.5. The lowest BCUT2D eigenvalue weighted by Crippen LogP contribution is -2.14. The van der Waals surface area contributed by atoms with Gasteiger partial charge in [0.25, 0.3) is 0 Å². The van der Waals surface area contributed by atoms with Crippen molar-refractivity contribution in [2.75, 3.05) is 0 Å². The molecule has 0 radical (unpaired) electrons. The van der Waals surface area contributed by atoms with E-state index in [2.05, 4.69) is 26.4 Å². The average molecular weight is 341 g/mol. The van der Waals surface area contributed by atoms with Crippen LogP contribution in [0.25, 0.3) is 11.2 Å². The second-order valence-corrected chi connectivity index (χ2v) is 6.76. The van der Waals surface area contributed by atoms with Gasteiger partial charge in [0.2, 0.25) is 0 Å². The molecule has 21 heavy (non-hydrogen) atoms. The first-order valence-electron chi connectivity index (χ1n) is 6.68. The van der Waals surface area contributed by atoms with Crippen LogP contribution >= 0.6 is 34.5 Å². The Hall–Kier alpha value is -1.17. The van der Waals surface area contributed by atoms with Gasteiger partial charge in [0.15, 0.2) is 5.65 Å². The lowest BCUT2D eigenvalue weighted by molar-refractivity contribution is 0.549. The number of imidazole rings is 1. The molecule has 0 aromatic carbocycles. The first-order chi connectivity index (χ1) is 10.1. The van der Waals surface area contributed by atoms with Crippen molar-refractivity contribution in [3.05, 3.63) is 39.7 Å². The van der Waals surface area contributed by atoms with Gasteiger partial charge in [-0.05, 0) is 19.4 Å². The molecule has 4 nitrogen and oxygen atoms in total. The monoisotopic (exact) mass is 340 g/mol. The lowest BCUT2D eigenvalue weighted by atomic mass is 10.2. The first-order valence-corrected chi connectivity index (χ1v) is 8.38. The van der Waals surface area contributed by atoms with E-state index >= 15 is 0 Å². The van der Waals surface area contributed by atoms with E-state index in [4.69, 9.17) is 23.2 Å². The zero-order chi connectivity index (χ0) is 15.0. The quantitative estimate of drug-likeness (QED) is 0.638. The minimum atomic E-state index is -0.216. The van der Waals surface area contributed by atoms with Crippen LogP contribution in [0.3, 0.4) is 0 Å². The fourth-order valence-corrected chi connectivity index (χ4v) is 3.55. The van der Waals surface area contributed by atoms with Gasteiger partial charge < -0.3 is 4.57 Å². The molecule has 0 amide bonds. The standard InChI is InChI=1S/C14H14Cl2N4S/c1-3-11(14-17-4-5-21-14)20-12(8(2)15)19-10-6-9(16)7-18-13(10)20/h4-8,11H,3H2,1-2H3. The Morgan fingerprint density at radius 3 is 2.81 bits per heavy atom. The van der Waals surface area contributed by atoms with Crippen LogP contribution in [0.1, 0.15) is 42.5 Å². The number of thiazole rings is 1. The number of nitrogens with zero attached hydrogens (tertiary/aromatic N) is 4. The van der Waals surface area contributed by atoms with Crippen molar-refractivity contribution >= 4 is 45.7 Å². The van der Waals surface area contributed by atoms with Crippen molar-refractivity contribution in [1.29, 1.82) is 0 Å². The van der Waals surface area contributed by atoms with Crippen LogP contribution in [0.15, 0.2) is 23.8 Å². The van der Waals surface area contributed by atoms with Crippen LogP contribution in [0.2, 0.25) is 5.02 Å². The molecule has 110 valence electrons. The minimum Gasteiger partial charge on any atom is -0.301 e. The van der Waals surface area contributed by atoms with E-state index in [9.17, 15) is 0 Å². The van der Waals surface area contributed by atoms with Crippen molar-refractivity contribution in [2.45, 2.75) is 31.7 Å². The Balaban J connectivity index is 2.26. The third-order valence-electron chi connectivity index (χ3n) is 3.31. The number of rotatable bonds is 4. The van der Waals surface area contributed by atoms with E-state index in [-0.39, 0.29) is 11.4 Å². The van der Waals surface area contributed by atoms with E-state index in [0.717, 1.165) is 28.4 Å². The molecule has 3 rings (SSSR count). The fourth-order valence-electron chi connectivity index (χ4n) is 2.43. The highest BCUT2D eigenvalue weighted by Crippen LogP contribution is 2.33. The largest absolute Gasteiger partial charge is 0.301 e. The van der Waals surface area contributed by atoms with Gasteiger partial charge in [-0.3, -0.25) is 0 Å². The third kappa shape index (κ3) is 2.65. The topological polar surface area (TPSA) is 43.6 Å². The molecular weight excluding hydrogens is 327 g/mol. The summed E-state index contributed by atoms with van der Waals surface area (Å²) in [6.07, 6.45) is 4.34. The van der Waals surface area contributed by atoms with Crippen LogP contribution in [0, 0.1) is 0 Å². The molecule has 0 fully saturated rings. The molecule has 2 unspecified atom stereocenters. The molecule has 0 bridgehead atoms. The molecule has 0 N–H and O–H groups in total. The van der Waals surface area contributed by atoms with Gasteiger partial charge in [-0.1, -0.05) is 18.5 Å². The van der Waals surface area contributed by atoms with Crippen LogP contribution < -0.4 is 0 Å². The minimum absolute atomic E-state index is 0.0832. The Morgan fingerprint density at radius 1 is 1.38 bits per heavy atom. The Labute approximate surface area is 136 Å². The van der Waals surface area contributed by atoms with Gasteiger partial charge in [-0.2, -0.15) is 0 Å². The SMILES string of the molecule is CCC(c1nccs1)n1c(C(C)Cl)nc2cc(Cl)cnc21. The van der Waals surface area contributed by atoms with Crippen LogP contribution in [0.5, 0.6) is 0 Å². The van der Waals surface area contributed by atoms with Gasteiger partial charge in [0.05, 0.1) is 16.4 Å². The predicted molar refractivity (Wildman–Crippen MR) is 87.4 cm³/mol. The normalized spacial score (nSPS) is 14.5. The molecular formula is C14H14Cl2N4S. The molecule has 7 heteroatoms. The summed E-state index contributed by atoms with van der Waals surface area (Å²) in [5.41, 5.74) is 1.56. The van der Waals surface area contributed by atoms with Crippen molar-refractivity contribution in [2.24, 2.45) is 0 Å². The van der Waals surface area contributed by atoms with E-state index in [0.29, 0.717) is 5.02 Å². The van der Waals surface area contributed by atoms with Gasteiger partial charge in [0, 0.05) is 17.8 Å². The molecule has 0 aliphatic rings. The highest BCUT2D eigenvalue weighted by Gasteiger charge is 2.24. The van der Waals surface area contributed by atoms with Gasteiger partial charge in [0.1, 0.15) is 16.3 Å². The number of hydrogen-bond donors (Lipinski definition) is 0. The average Bonchev–Trinajstić information content (AvgIpc) is 3.08. The van der Waals surface area contributed by atoms with Crippen LogP contribution in [-0.4, -0.2) is 19.5 Å². The van der Waals surface area contributed by atoms with Crippen molar-refractivity contribution < 1.29 is 0 Å². The number of fused-ring (bicyclic) bond motifs is 1. The molecule has 2 atom stereocenters. The van der Waals surface area contributed by atoms with Crippen molar-refractivity contribution in [3.63, 3.8) is 0 Å². The number of alkyl halides is 1. The van der Waals surface area contributed by atoms with E-state index in [1.54, 1.807) is 17.5 Å². The summed E-state index contributed by atoms with van der Waals surface area (Å²) in [7, 11) is 0. The second kappa shape index (κ2) is 5.91.